The molecule has 0 radical (unpaired) electrons. The molecule has 6 heteroatoms. The molecule has 2 rings (SSSR count). The largest absolute Gasteiger partial charge is 0.409 e. The second kappa shape index (κ2) is 4.09. The SMILES string of the molecule is NC(=NO)c1cccc2c([N+](=O)[O-])cccc12. The highest BCUT2D eigenvalue weighted by Gasteiger charge is 2.14. The van der Waals surface area contributed by atoms with Crippen LogP contribution >= 0.6 is 0 Å². The van der Waals surface area contributed by atoms with E-state index in [0.717, 1.165) is 0 Å². The molecule has 6 nitrogen and oxygen atoms in total. The molecule has 0 aliphatic carbocycles. The molecule has 0 amide bonds. The molecule has 0 aliphatic heterocycles. The van der Waals surface area contributed by atoms with Gasteiger partial charge in [0.1, 0.15) is 0 Å². The maximum absolute atomic E-state index is 10.9. The third-order valence-corrected chi connectivity index (χ3v) is 2.48. The number of oxime groups is 1. The van der Waals surface area contributed by atoms with Crippen LogP contribution < -0.4 is 5.73 Å². The van der Waals surface area contributed by atoms with Crippen LogP contribution in [0.15, 0.2) is 41.6 Å². The van der Waals surface area contributed by atoms with Crippen LogP contribution in [0.2, 0.25) is 0 Å². The molecule has 0 aromatic heterocycles. The van der Waals surface area contributed by atoms with E-state index >= 15 is 0 Å². The summed E-state index contributed by atoms with van der Waals surface area (Å²) in [5, 5.41) is 23.5. The Morgan fingerprint density at radius 3 is 2.53 bits per heavy atom. The third kappa shape index (κ3) is 1.76. The number of non-ortho nitro benzene ring substituents is 1. The van der Waals surface area contributed by atoms with Crippen LogP contribution in [-0.4, -0.2) is 16.0 Å². The number of fused-ring (bicyclic) bond motifs is 1. The fourth-order valence-corrected chi connectivity index (χ4v) is 1.73. The average Bonchev–Trinajstić information content (AvgIpc) is 2.36. The van der Waals surface area contributed by atoms with Gasteiger partial charge in [0.05, 0.1) is 10.3 Å². The number of hydrogen-bond acceptors (Lipinski definition) is 4. The van der Waals surface area contributed by atoms with Crippen molar-refractivity contribution in [2.45, 2.75) is 0 Å². The van der Waals surface area contributed by atoms with Crippen molar-refractivity contribution in [1.82, 2.24) is 0 Å². The van der Waals surface area contributed by atoms with Gasteiger partial charge in [-0.3, -0.25) is 10.1 Å². The summed E-state index contributed by atoms with van der Waals surface area (Å²) < 4.78 is 0. The van der Waals surface area contributed by atoms with Crippen molar-refractivity contribution in [3.8, 4) is 0 Å². The van der Waals surface area contributed by atoms with Crippen LogP contribution in [0, 0.1) is 10.1 Å². The van der Waals surface area contributed by atoms with E-state index in [1.165, 1.54) is 6.07 Å². The number of benzene rings is 2. The van der Waals surface area contributed by atoms with Crippen molar-refractivity contribution >= 4 is 22.3 Å². The second-order valence-corrected chi connectivity index (χ2v) is 3.42. The zero-order valence-electron chi connectivity index (χ0n) is 8.70. The van der Waals surface area contributed by atoms with Crippen molar-refractivity contribution in [1.29, 1.82) is 0 Å². The Hall–Kier alpha value is -2.63. The molecule has 0 heterocycles. The van der Waals surface area contributed by atoms with Gasteiger partial charge < -0.3 is 10.9 Å². The van der Waals surface area contributed by atoms with Gasteiger partial charge in [-0.05, 0) is 11.5 Å². The molecule has 0 spiro atoms. The first-order valence-corrected chi connectivity index (χ1v) is 4.79. The molecule has 0 atom stereocenters. The topological polar surface area (TPSA) is 102 Å². The molecule has 3 N–H and O–H groups in total. The van der Waals surface area contributed by atoms with Gasteiger partial charge in [0.15, 0.2) is 5.84 Å². The minimum atomic E-state index is -0.460. The first kappa shape index (κ1) is 10.9. The summed E-state index contributed by atoms with van der Waals surface area (Å²) in [7, 11) is 0. The number of nitrogens with zero attached hydrogens (tertiary/aromatic N) is 2. The van der Waals surface area contributed by atoms with E-state index < -0.39 is 4.92 Å². The monoisotopic (exact) mass is 231 g/mol. The molecular weight excluding hydrogens is 222 g/mol. The lowest BCUT2D eigenvalue weighted by Gasteiger charge is -2.04. The summed E-state index contributed by atoms with van der Waals surface area (Å²) in [4.78, 5) is 10.4. The Bertz CT molecular complexity index is 622. The maximum Gasteiger partial charge on any atom is 0.277 e. The Morgan fingerprint density at radius 2 is 1.88 bits per heavy atom. The summed E-state index contributed by atoms with van der Waals surface area (Å²) in [6, 6.07) is 9.56. The lowest BCUT2D eigenvalue weighted by Crippen LogP contribution is -2.13. The van der Waals surface area contributed by atoms with Crippen LogP contribution in [0.4, 0.5) is 5.69 Å². The first-order valence-electron chi connectivity index (χ1n) is 4.79. The predicted octanol–water partition coefficient (Wildman–Crippen LogP) is 1.84. The van der Waals surface area contributed by atoms with Gasteiger partial charge in [0.25, 0.3) is 5.69 Å². The number of nitro benzene ring substituents is 1. The molecule has 0 saturated carbocycles. The van der Waals surface area contributed by atoms with Gasteiger partial charge in [-0.25, -0.2) is 0 Å². The van der Waals surface area contributed by atoms with Gasteiger partial charge in [0.2, 0.25) is 0 Å². The Kier molecular flexibility index (Phi) is 2.61. The van der Waals surface area contributed by atoms with Crippen molar-refractivity contribution in [3.63, 3.8) is 0 Å². The van der Waals surface area contributed by atoms with E-state index in [4.69, 9.17) is 10.9 Å². The molecule has 0 bridgehead atoms. The molecule has 2 aromatic rings. The highest BCUT2D eigenvalue weighted by atomic mass is 16.6. The molecule has 0 unspecified atom stereocenters. The van der Waals surface area contributed by atoms with Crippen LogP contribution in [0.25, 0.3) is 10.8 Å². The molecule has 2 aromatic carbocycles. The van der Waals surface area contributed by atoms with Gasteiger partial charge in [-0.2, -0.15) is 0 Å². The number of nitrogens with two attached hydrogens (primary N) is 1. The fraction of sp³-hybridized carbons (Fsp3) is 0. The zero-order chi connectivity index (χ0) is 12.4. The lowest BCUT2D eigenvalue weighted by atomic mass is 10.0. The van der Waals surface area contributed by atoms with E-state index in [-0.39, 0.29) is 11.5 Å². The van der Waals surface area contributed by atoms with Crippen LogP contribution in [0.1, 0.15) is 5.56 Å². The summed E-state index contributed by atoms with van der Waals surface area (Å²) in [5.74, 6) is -0.0731. The quantitative estimate of drug-likeness (QED) is 0.270. The summed E-state index contributed by atoms with van der Waals surface area (Å²) >= 11 is 0. The Labute approximate surface area is 96.1 Å². The highest BCUT2D eigenvalue weighted by molar-refractivity contribution is 6.10. The standard InChI is InChI=1S/C11H9N3O3/c12-11(13-15)9-5-1-4-8-7(9)3-2-6-10(8)14(16)17/h1-6,15H,(H2,12,13). The maximum atomic E-state index is 10.9. The fourth-order valence-electron chi connectivity index (χ4n) is 1.73. The van der Waals surface area contributed by atoms with E-state index in [1.54, 1.807) is 30.3 Å². The second-order valence-electron chi connectivity index (χ2n) is 3.42. The average molecular weight is 231 g/mol. The number of hydrogen-bond donors (Lipinski definition) is 2. The predicted molar refractivity (Wildman–Crippen MR) is 63.1 cm³/mol. The van der Waals surface area contributed by atoms with Crippen molar-refractivity contribution < 1.29 is 10.1 Å². The van der Waals surface area contributed by atoms with Gasteiger partial charge in [-0.15, -0.1) is 0 Å². The van der Waals surface area contributed by atoms with Crippen molar-refractivity contribution in [3.05, 3.63) is 52.1 Å². The zero-order valence-corrected chi connectivity index (χ0v) is 8.70. The first-order chi connectivity index (χ1) is 8.15. The summed E-state index contributed by atoms with van der Waals surface area (Å²) in [6.07, 6.45) is 0. The lowest BCUT2D eigenvalue weighted by molar-refractivity contribution is -0.383. The van der Waals surface area contributed by atoms with Crippen molar-refractivity contribution in [2.75, 3.05) is 0 Å². The molecular formula is C11H9N3O3. The number of amidine groups is 1. The Balaban J connectivity index is 2.83. The summed E-state index contributed by atoms with van der Waals surface area (Å²) in [5.41, 5.74) is 5.98. The normalized spacial score (nSPS) is 11.6. The van der Waals surface area contributed by atoms with Gasteiger partial charge in [-0.1, -0.05) is 29.4 Å². The van der Waals surface area contributed by atoms with E-state index in [2.05, 4.69) is 5.16 Å². The van der Waals surface area contributed by atoms with Gasteiger partial charge in [0, 0.05) is 11.6 Å². The minimum absolute atomic E-state index is 0.00455. The molecule has 0 saturated heterocycles. The van der Waals surface area contributed by atoms with Crippen LogP contribution in [0.5, 0.6) is 0 Å². The van der Waals surface area contributed by atoms with Crippen LogP contribution in [-0.2, 0) is 0 Å². The summed E-state index contributed by atoms with van der Waals surface area (Å²) in [6.45, 7) is 0. The van der Waals surface area contributed by atoms with Crippen LogP contribution in [0.3, 0.4) is 0 Å². The molecule has 0 fully saturated rings. The number of rotatable bonds is 2. The van der Waals surface area contributed by atoms with E-state index in [9.17, 15) is 10.1 Å². The van der Waals surface area contributed by atoms with E-state index in [0.29, 0.717) is 16.3 Å². The Morgan fingerprint density at radius 1 is 1.24 bits per heavy atom. The van der Waals surface area contributed by atoms with E-state index in [1.807, 2.05) is 0 Å². The third-order valence-electron chi connectivity index (χ3n) is 2.48. The number of nitro groups is 1. The van der Waals surface area contributed by atoms with Gasteiger partial charge >= 0.3 is 0 Å². The van der Waals surface area contributed by atoms with Crippen molar-refractivity contribution in [2.24, 2.45) is 10.9 Å². The smallest absolute Gasteiger partial charge is 0.277 e. The minimum Gasteiger partial charge on any atom is -0.409 e. The highest BCUT2D eigenvalue weighted by Crippen LogP contribution is 2.27. The molecule has 17 heavy (non-hydrogen) atoms. The molecule has 0 aliphatic rings. The molecule has 86 valence electrons.